The second-order valence-corrected chi connectivity index (χ2v) is 5.56. The standard InChI is InChI=1S/C13H16F3N3/c1-7-4-8(13(14,15)16)11-9(5-7)18-10(19-11)6-12(2,3)17/h4-5H,6,17H2,1-3H3,(H,18,19). The molecule has 3 N–H and O–H groups in total. The molecule has 2 aromatic rings. The molecule has 0 aliphatic carbocycles. The van der Waals surface area contributed by atoms with Gasteiger partial charge >= 0.3 is 6.18 Å². The zero-order valence-electron chi connectivity index (χ0n) is 11.0. The number of aryl methyl sites for hydroxylation is 1. The van der Waals surface area contributed by atoms with E-state index in [9.17, 15) is 13.2 Å². The molecule has 0 saturated carbocycles. The van der Waals surface area contributed by atoms with E-state index in [1.807, 2.05) is 0 Å². The van der Waals surface area contributed by atoms with Gasteiger partial charge < -0.3 is 10.7 Å². The number of benzene rings is 1. The van der Waals surface area contributed by atoms with Crippen LogP contribution in [0.4, 0.5) is 13.2 Å². The predicted octanol–water partition coefficient (Wildman–Crippen LogP) is 3.17. The Morgan fingerprint density at radius 1 is 1.26 bits per heavy atom. The van der Waals surface area contributed by atoms with Gasteiger partial charge in [-0.1, -0.05) is 0 Å². The zero-order chi connectivity index (χ0) is 14.4. The van der Waals surface area contributed by atoms with Crippen molar-refractivity contribution in [1.82, 2.24) is 9.97 Å². The van der Waals surface area contributed by atoms with Gasteiger partial charge in [0.25, 0.3) is 0 Å². The molecule has 104 valence electrons. The van der Waals surface area contributed by atoms with Gasteiger partial charge in [-0.05, 0) is 38.5 Å². The Bertz CT molecular complexity index is 606. The molecule has 0 amide bonds. The van der Waals surface area contributed by atoms with Gasteiger partial charge in [0.1, 0.15) is 11.3 Å². The van der Waals surface area contributed by atoms with Crippen molar-refractivity contribution < 1.29 is 13.2 Å². The molecule has 19 heavy (non-hydrogen) atoms. The van der Waals surface area contributed by atoms with Crippen LogP contribution in [-0.2, 0) is 12.6 Å². The number of fused-ring (bicyclic) bond motifs is 1. The maximum absolute atomic E-state index is 13.0. The molecule has 6 heteroatoms. The summed E-state index contributed by atoms with van der Waals surface area (Å²) >= 11 is 0. The molecule has 1 heterocycles. The van der Waals surface area contributed by atoms with Crippen molar-refractivity contribution in [2.75, 3.05) is 0 Å². The summed E-state index contributed by atoms with van der Waals surface area (Å²) in [6.45, 7) is 5.23. The molecule has 1 aromatic heterocycles. The number of halogens is 3. The van der Waals surface area contributed by atoms with Gasteiger partial charge in [0.2, 0.25) is 0 Å². The SMILES string of the molecule is Cc1cc(C(F)(F)F)c2nc(CC(C)(C)N)[nH]c2c1. The van der Waals surface area contributed by atoms with Crippen LogP contribution < -0.4 is 5.73 Å². The first-order chi connectivity index (χ1) is 8.56. The highest BCUT2D eigenvalue weighted by atomic mass is 19.4. The van der Waals surface area contributed by atoms with Crippen molar-refractivity contribution in [2.24, 2.45) is 5.73 Å². The van der Waals surface area contributed by atoms with E-state index in [1.165, 1.54) is 0 Å². The van der Waals surface area contributed by atoms with Gasteiger partial charge in [0, 0.05) is 12.0 Å². The van der Waals surface area contributed by atoms with E-state index in [0.717, 1.165) is 6.07 Å². The lowest BCUT2D eigenvalue weighted by Crippen LogP contribution is -2.34. The van der Waals surface area contributed by atoms with Crippen LogP contribution in [0.3, 0.4) is 0 Å². The Labute approximate surface area is 109 Å². The van der Waals surface area contributed by atoms with E-state index in [0.29, 0.717) is 23.3 Å². The second kappa shape index (κ2) is 4.23. The number of aromatic nitrogens is 2. The maximum atomic E-state index is 13.0. The van der Waals surface area contributed by atoms with Crippen LogP contribution in [0, 0.1) is 6.92 Å². The fourth-order valence-electron chi connectivity index (χ4n) is 2.04. The van der Waals surface area contributed by atoms with Crippen LogP contribution in [0.5, 0.6) is 0 Å². The van der Waals surface area contributed by atoms with Crippen LogP contribution >= 0.6 is 0 Å². The summed E-state index contributed by atoms with van der Waals surface area (Å²) in [4.78, 5) is 6.96. The number of nitrogens with two attached hydrogens (primary N) is 1. The van der Waals surface area contributed by atoms with Gasteiger partial charge in [0.15, 0.2) is 0 Å². The highest BCUT2D eigenvalue weighted by Crippen LogP contribution is 2.34. The predicted molar refractivity (Wildman–Crippen MR) is 67.8 cm³/mol. The number of aromatic amines is 1. The number of hydrogen-bond donors (Lipinski definition) is 2. The lowest BCUT2D eigenvalue weighted by molar-refractivity contribution is -0.136. The molecular weight excluding hydrogens is 255 g/mol. The molecule has 0 aliphatic heterocycles. The second-order valence-electron chi connectivity index (χ2n) is 5.56. The molecule has 0 fully saturated rings. The Hall–Kier alpha value is -1.56. The molecule has 0 saturated heterocycles. The number of rotatable bonds is 2. The number of hydrogen-bond acceptors (Lipinski definition) is 2. The van der Waals surface area contributed by atoms with Crippen molar-refractivity contribution in [3.05, 3.63) is 29.1 Å². The number of alkyl halides is 3. The van der Waals surface area contributed by atoms with E-state index in [2.05, 4.69) is 9.97 Å². The summed E-state index contributed by atoms with van der Waals surface area (Å²) < 4.78 is 38.9. The van der Waals surface area contributed by atoms with Crippen molar-refractivity contribution in [1.29, 1.82) is 0 Å². The normalized spacial score (nSPS) is 13.2. The highest BCUT2D eigenvalue weighted by molar-refractivity contribution is 5.80. The Balaban J connectivity index is 2.59. The van der Waals surface area contributed by atoms with E-state index in [-0.39, 0.29) is 5.52 Å². The molecule has 1 aromatic carbocycles. The van der Waals surface area contributed by atoms with Crippen LogP contribution in [0.1, 0.15) is 30.8 Å². The minimum atomic E-state index is -4.41. The zero-order valence-corrected chi connectivity index (χ0v) is 11.0. The lowest BCUT2D eigenvalue weighted by atomic mass is 10.0. The molecule has 0 unspecified atom stereocenters. The Morgan fingerprint density at radius 3 is 2.42 bits per heavy atom. The molecule has 3 nitrogen and oxygen atoms in total. The first-order valence-electron chi connectivity index (χ1n) is 5.91. The van der Waals surface area contributed by atoms with Gasteiger partial charge in [-0.15, -0.1) is 0 Å². The van der Waals surface area contributed by atoms with Gasteiger partial charge in [-0.3, -0.25) is 0 Å². The minimum Gasteiger partial charge on any atom is -0.342 e. The van der Waals surface area contributed by atoms with Gasteiger partial charge in [0.05, 0.1) is 11.1 Å². The van der Waals surface area contributed by atoms with Crippen LogP contribution in [0.15, 0.2) is 12.1 Å². The fraction of sp³-hybridized carbons (Fsp3) is 0.462. The van der Waals surface area contributed by atoms with Crippen LogP contribution in [0.2, 0.25) is 0 Å². The lowest BCUT2D eigenvalue weighted by Gasteiger charge is -2.15. The Kier molecular flexibility index (Phi) is 3.09. The van der Waals surface area contributed by atoms with Crippen molar-refractivity contribution in [3.8, 4) is 0 Å². The third-order valence-electron chi connectivity index (χ3n) is 2.71. The average molecular weight is 271 g/mol. The summed E-state index contributed by atoms with van der Waals surface area (Å²) in [5.74, 6) is 0.471. The van der Waals surface area contributed by atoms with E-state index in [1.54, 1.807) is 26.8 Å². The molecule has 2 rings (SSSR count). The number of H-pyrrole nitrogens is 1. The summed E-state index contributed by atoms with van der Waals surface area (Å²) in [5.41, 5.74) is 5.52. The first kappa shape index (κ1) is 13.9. The fourth-order valence-corrected chi connectivity index (χ4v) is 2.04. The number of nitrogens with zero attached hydrogens (tertiary/aromatic N) is 1. The monoisotopic (exact) mass is 271 g/mol. The number of nitrogens with one attached hydrogen (secondary N) is 1. The summed E-state index contributed by atoms with van der Waals surface area (Å²) in [6.07, 6.45) is -4.02. The van der Waals surface area contributed by atoms with Crippen molar-refractivity contribution in [2.45, 2.75) is 38.9 Å². The third kappa shape index (κ3) is 3.07. The summed E-state index contributed by atoms with van der Waals surface area (Å²) in [6, 6.07) is 2.77. The quantitative estimate of drug-likeness (QED) is 0.881. The topological polar surface area (TPSA) is 54.7 Å². The molecule has 0 aliphatic rings. The molecule has 0 spiro atoms. The molecular formula is C13H16F3N3. The van der Waals surface area contributed by atoms with Crippen molar-refractivity contribution >= 4 is 11.0 Å². The highest BCUT2D eigenvalue weighted by Gasteiger charge is 2.34. The summed E-state index contributed by atoms with van der Waals surface area (Å²) in [7, 11) is 0. The first-order valence-corrected chi connectivity index (χ1v) is 5.91. The maximum Gasteiger partial charge on any atom is 0.418 e. The van der Waals surface area contributed by atoms with Crippen LogP contribution in [-0.4, -0.2) is 15.5 Å². The van der Waals surface area contributed by atoms with Gasteiger partial charge in [-0.25, -0.2) is 4.98 Å². The molecule has 0 bridgehead atoms. The number of imidazole rings is 1. The van der Waals surface area contributed by atoms with E-state index in [4.69, 9.17) is 5.73 Å². The van der Waals surface area contributed by atoms with E-state index >= 15 is 0 Å². The van der Waals surface area contributed by atoms with Gasteiger partial charge in [-0.2, -0.15) is 13.2 Å². The third-order valence-corrected chi connectivity index (χ3v) is 2.71. The average Bonchev–Trinajstić information content (AvgIpc) is 2.53. The van der Waals surface area contributed by atoms with Crippen molar-refractivity contribution in [3.63, 3.8) is 0 Å². The largest absolute Gasteiger partial charge is 0.418 e. The molecule has 0 radical (unpaired) electrons. The minimum absolute atomic E-state index is 0.0441. The Morgan fingerprint density at radius 2 is 1.89 bits per heavy atom. The van der Waals surface area contributed by atoms with Crippen LogP contribution in [0.25, 0.3) is 11.0 Å². The summed E-state index contributed by atoms with van der Waals surface area (Å²) in [5, 5.41) is 0. The smallest absolute Gasteiger partial charge is 0.342 e. The molecule has 0 atom stereocenters. The van der Waals surface area contributed by atoms with E-state index < -0.39 is 17.3 Å².